The summed E-state index contributed by atoms with van der Waals surface area (Å²) in [6.45, 7) is 1.65. The zero-order valence-corrected chi connectivity index (χ0v) is 10.7. The van der Waals surface area contributed by atoms with Crippen LogP contribution in [-0.2, 0) is 6.61 Å². The summed E-state index contributed by atoms with van der Waals surface area (Å²) >= 11 is 0. The number of aromatic carboxylic acids is 1. The molecule has 0 saturated carbocycles. The van der Waals surface area contributed by atoms with Crippen molar-refractivity contribution in [3.63, 3.8) is 0 Å². The van der Waals surface area contributed by atoms with Crippen LogP contribution in [0.5, 0.6) is 5.75 Å². The maximum atomic E-state index is 13.4. The van der Waals surface area contributed by atoms with E-state index in [1.54, 1.807) is 13.0 Å². The minimum absolute atomic E-state index is 0.0881. The highest BCUT2D eigenvalue weighted by Gasteiger charge is 2.09. The summed E-state index contributed by atoms with van der Waals surface area (Å²) in [6.07, 6.45) is 0. The van der Waals surface area contributed by atoms with Gasteiger partial charge in [-0.3, -0.25) is 0 Å². The fraction of sp³-hybridized carbons (Fsp3) is 0.133. The highest BCUT2D eigenvalue weighted by molar-refractivity contribution is 5.88. The fourth-order valence-electron chi connectivity index (χ4n) is 1.68. The zero-order chi connectivity index (χ0) is 14.7. The summed E-state index contributed by atoms with van der Waals surface area (Å²) in [5.41, 5.74) is 1.02. The van der Waals surface area contributed by atoms with Crippen molar-refractivity contribution in [2.24, 2.45) is 0 Å². The highest BCUT2D eigenvalue weighted by Crippen LogP contribution is 2.21. The number of halogens is 2. The number of benzene rings is 2. The van der Waals surface area contributed by atoms with Gasteiger partial charge in [0.1, 0.15) is 24.0 Å². The van der Waals surface area contributed by atoms with Crippen LogP contribution < -0.4 is 4.74 Å². The summed E-state index contributed by atoms with van der Waals surface area (Å²) in [5.74, 6) is -2.07. The van der Waals surface area contributed by atoms with E-state index in [0.29, 0.717) is 5.75 Å². The van der Waals surface area contributed by atoms with Gasteiger partial charge >= 0.3 is 5.97 Å². The molecule has 2 aromatic carbocycles. The van der Waals surface area contributed by atoms with Gasteiger partial charge in [-0.1, -0.05) is 6.07 Å². The fourth-order valence-corrected chi connectivity index (χ4v) is 1.68. The summed E-state index contributed by atoms with van der Waals surface area (Å²) in [4.78, 5) is 10.9. The lowest BCUT2D eigenvalue weighted by molar-refractivity contribution is 0.0696. The Labute approximate surface area is 114 Å². The molecule has 0 bridgehead atoms. The van der Waals surface area contributed by atoms with Crippen molar-refractivity contribution in [2.75, 3.05) is 0 Å². The topological polar surface area (TPSA) is 46.5 Å². The molecule has 5 heteroatoms. The predicted octanol–water partition coefficient (Wildman–Crippen LogP) is 3.55. The van der Waals surface area contributed by atoms with Gasteiger partial charge in [0.2, 0.25) is 0 Å². The first-order valence-corrected chi connectivity index (χ1v) is 5.88. The zero-order valence-electron chi connectivity index (χ0n) is 10.7. The van der Waals surface area contributed by atoms with Crippen molar-refractivity contribution in [2.45, 2.75) is 13.5 Å². The lowest BCUT2D eigenvalue weighted by Gasteiger charge is -2.10. The number of carbonyl (C=O) groups is 1. The van der Waals surface area contributed by atoms with Gasteiger partial charge in [-0.05, 0) is 36.8 Å². The molecular formula is C15H12F2O3. The maximum Gasteiger partial charge on any atom is 0.335 e. The van der Waals surface area contributed by atoms with E-state index in [1.165, 1.54) is 18.2 Å². The average molecular weight is 278 g/mol. The molecule has 0 aromatic heterocycles. The third kappa shape index (κ3) is 3.12. The smallest absolute Gasteiger partial charge is 0.335 e. The molecule has 2 aromatic rings. The van der Waals surface area contributed by atoms with Crippen molar-refractivity contribution in [1.82, 2.24) is 0 Å². The van der Waals surface area contributed by atoms with Crippen LogP contribution in [0, 0.1) is 18.6 Å². The van der Waals surface area contributed by atoms with Crippen molar-refractivity contribution in [3.8, 4) is 5.75 Å². The number of ether oxygens (including phenoxy) is 1. The Kier molecular flexibility index (Phi) is 3.98. The first-order valence-electron chi connectivity index (χ1n) is 5.88. The standard InChI is InChI=1S/C15H12F2O3/c1-9-2-3-10(15(18)19)6-14(9)20-8-11-4-5-12(16)7-13(11)17/h2-7H,8H2,1H3,(H,18,19). The number of carboxylic acid groups (broad SMARTS) is 1. The largest absolute Gasteiger partial charge is 0.488 e. The van der Waals surface area contributed by atoms with Crippen LogP contribution in [0.1, 0.15) is 21.5 Å². The molecule has 0 radical (unpaired) electrons. The summed E-state index contributed by atoms with van der Waals surface area (Å²) in [7, 11) is 0. The van der Waals surface area contributed by atoms with E-state index in [0.717, 1.165) is 17.7 Å². The van der Waals surface area contributed by atoms with Crippen molar-refractivity contribution < 1.29 is 23.4 Å². The van der Waals surface area contributed by atoms with Gasteiger partial charge in [0, 0.05) is 11.6 Å². The molecular weight excluding hydrogens is 266 g/mol. The number of aryl methyl sites for hydroxylation is 1. The minimum Gasteiger partial charge on any atom is -0.488 e. The van der Waals surface area contributed by atoms with Crippen molar-refractivity contribution in [3.05, 3.63) is 64.7 Å². The molecule has 3 nitrogen and oxygen atoms in total. The maximum absolute atomic E-state index is 13.4. The van der Waals surface area contributed by atoms with Crippen LogP contribution in [0.15, 0.2) is 36.4 Å². The molecule has 0 aliphatic carbocycles. The van der Waals surface area contributed by atoms with Gasteiger partial charge in [0.05, 0.1) is 5.56 Å². The van der Waals surface area contributed by atoms with Gasteiger partial charge in [0.15, 0.2) is 0 Å². The molecule has 0 aliphatic rings. The third-order valence-electron chi connectivity index (χ3n) is 2.83. The number of rotatable bonds is 4. The van der Waals surface area contributed by atoms with Gasteiger partial charge in [-0.2, -0.15) is 0 Å². The Morgan fingerprint density at radius 2 is 1.95 bits per heavy atom. The molecule has 20 heavy (non-hydrogen) atoms. The second kappa shape index (κ2) is 5.69. The molecule has 0 atom stereocenters. The van der Waals surface area contributed by atoms with Crippen LogP contribution in [-0.4, -0.2) is 11.1 Å². The SMILES string of the molecule is Cc1ccc(C(=O)O)cc1OCc1ccc(F)cc1F. The molecule has 0 fully saturated rings. The van der Waals surface area contributed by atoms with E-state index in [4.69, 9.17) is 9.84 Å². The Bertz CT molecular complexity index is 654. The van der Waals surface area contributed by atoms with Crippen LogP contribution in [0.3, 0.4) is 0 Å². The monoisotopic (exact) mass is 278 g/mol. The number of carboxylic acids is 1. The van der Waals surface area contributed by atoms with Gasteiger partial charge in [0.25, 0.3) is 0 Å². The lowest BCUT2D eigenvalue weighted by atomic mass is 10.1. The van der Waals surface area contributed by atoms with E-state index >= 15 is 0 Å². The van der Waals surface area contributed by atoms with E-state index in [1.807, 2.05) is 0 Å². The summed E-state index contributed by atoms with van der Waals surface area (Å²) < 4.78 is 31.6. The first kappa shape index (κ1) is 14.0. The normalized spacial score (nSPS) is 10.3. The van der Waals surface area contributed by atoms with Crippen LogP contribution in [0.4, 0.5) is 8.78 Å². The van der Waals surface area contributed by atoms with E-state index in [-0.39, 0.29) is 17.7 Å². The Hall–Kier alpha value is -2.43. The Morgan fingerprint density at radius 1 is 1.20 bits per heavy atom. The van der Waals surface area contributed by atoms with Crippen molar-refractivity contribution in [1.29, 1.82) is 0 Å². The Balaban J connectivity index is 2.18. The number of hydrogen-bond acceptors (Lipinski definition) is 2. The molecule has 104 valence electrons. The molecule has 0 spiro atoms. The Morgan fingerprint density at radius 3 is 2.60 bits per heavy atom. The minimum atomic E-state index is -1.07. The first-order chi connectivity index (χ1) is 9.47. The van der Waals surface area contributed by atoms with E-state index in [2.05, 4.69) is 0 Å². The number of hydrogen-bond donors (Lipinski definition) is 1. The summed E-state index contributed by atoms with van der Waals surface area (Å²) in [6, 6.07) is 7.66. The lowest BCUT2D eigenvalue weighted by Crippen LogP contribution is -2.02. The molecule has 0 heterocycles. The highest BCUT2D eigenvalue weighted by atomic mass is 19.1. The quantitative estimate of drug-likeness (QED) is 0.930. The van der Waals surface area contributed by atoms with E-state index in [9.17, 15) is 13.6 Å². The molecule has 1 N–H and O–H groups in total. The molecule has 0 saturated heterocycles. The van der Waals surface area contributed by atoms with Gasteiger partial charge < -0.3 is 9.84 Å². The van der Waals surface area contributed by atoms with E-state index < -0.39 is 17.6 Å². The summed E-state index contributed by atoms with van der Waals surface area (Å²) in [5, 5.41) is 8.90. The molecule has 0 aliphatic heterocycles. The van der Waals surface area contributed by atoms with Gasteiger partial charge in [-0.15, -0.1) is 0 Å². The molecule has 2 rings (SSSR count). The molecule has 0 unspecified atom stereocenters. The van der Waals surface area contributed by atoms with Crippen LogP contribution >= 0.6 is 0 Å². The molecule has 0 amide bonds. The second-order valence-corrected chi connectivity index (χ2v) is 4.31. The van der Waals surface area contributed by atoms with Crippen LogP contribution in [0.2, 0.25) is 0 Å². The third-order valence-corrected chi connectivity index (χ3v) is 2.83. The second-order valence-electron chi connectivity index (χ2n) is 4.31. The van der Waals surface area contributed by atoms with Gasteiger partial charge in [-0.25, -0.2) is 13.6 Å². The predicted molar refractivity (Wildman–Crippen MR) is 68.8 cm³/mol. The average Bonchev–Trinajstić information content (AvgIpc) is 2.39. The van der Waals surface area contributed by atoms with Crippen LogP contribution in [0.25, 0.3) is 0 Å². The van der Waals surface area contributed by atoms with Crippen molar-refractivity contribution >= 4 is 5.97 Å².